The molecule has 0 amide bonds. The van der Waals surface area contributed by atoms with Crippen LogP contribution in [-0.4, -0.2) is 33.8 Å². The minimum Gasteiger partial charge on any atom is -0.311 e. The Bertz CT molecular complexity index is 2260. The van der Waals surface area contributed by atoms with Crippen LogP contribution in [0.1, 0.15) is 11.1 Å². The van der Waals surface area contributed by atoms with Gasteiger partial charge in [0.25, 0.3) is 0 Å². The minimum atomic E-state index is -2.20. The van der Waals surface area contributed by atoms with E-state index in [0.717, 1.165) is 45.4 Å². The highest BCUT2D eigenvalue weighted by molar-refractivity contribution is 6.51. The summed E-state index contributed by atoms with van der Waals surface area (Å²) in [5.41, 5.74) is -0.137. The van der Waals surface area contributed by atoms with Gasteiger partial charge in [-0.1, -0.05) is 0 Å². The summed E-state index contributed by atoms with van der Waals surface area (Å²) in [6, 6.07) is 4.93. The zero-order valence-corrected chi connectivity index (χ0v) is 18.9. The zero-order valence-electron chi connectivity index (χ0n) is 18.9. The highest BCUT2D eigenvalue weighted by atomic mass is 19.2. The van der Waals surface area contributed by atoms with Crippen molar-refractivity contribution in [2.45, 2.75) is 0 Å². The van der Waals surface area contributed by atoms with Crippen molar-refractivity contribution in [1.29, 1.82) is 0 Å². The zero-order chi connectivity index (χ0) is 26.9. The molecule has 5 heterocycles. The number of hydrogen-bond acceptors (Lipinski definition) is 4. The maximum absolute atomic E-state index is 16.5. The van der Waals surface area contributed by atoms with E-state index in [4.69, 9.17) is 0 Å². The van der Waals surface area contributed by atoms with Gasteiger partial charge in [-0.2, -0.15) is 4.99 Å². The van der Waals surface area contributed by atoms with E-state index < -0.39 is 42.2 Å². The Morgan fingerprint density at radius 2 is 1.08 bits per heavy atom. The standard InChI is InChI=1S/C25H6BF7N6/c27-14-1-8-11(4-17(14)30)24-37-25-13-6-19(32)18(31)5-12(13)23-36-22-10-3-16(29)15(28)2-9(10)21(35-22)34-7-20(8)38(24)26(33)39(23)25/h1-6H. The first-order valence-electron chi connectivity index (χ1n) is 11.3. The molecule has 4 bridgehead atoms. The van der Waals surface area contributed by atoms with E-state index >= 15 is 4.32 Å². The quantitative estimate of drug-likeness (QED) is 0.211. The van der Waals surface area contributed by atoms with Gasteiger partial charge in [-0.15, -0.1) is 0 Å². The molecule has 188 valence electrons. The van der Waals surface area contributed by atoms with Gasteiger partial charge in [0, 0.05) is 38.5 Å². The SMILES string of the molecule is FB1n2c3c4cc(F)c(F)cc4c2N=c2c4cc(F)c(F)cc4c(n21)=C=NC1=NC(=N3)c2cc(F)c(F)cc21. The maximum atomic E-state index is 16.5. The van der Waals surface area contributed by atoms with Crippen molar-refractivity contribution in [2.24, 2.45) is 20.0 Å². The molecule has 3 aromatic carbocycles. The van der Waals surface area contributed by atoms with Crippen LogP contribution in [0.4, 0.5) is 42.3 Å². The van der Waals surface area contributed by atoms with Crippen LogP contribution in [0.15, 0.2) is 56.4 Å². The summed E-state index contributed by atoms with van der Waals surface area (Å²) in [7, 11) is -2.20. The molecule has 0 atom stereocenters. The third-order valence-electron chi connectivity index (χ3n) is 6.90. The molecule has 0 radical (unpaired) electrons. The Balaban J connectivity index is 1.65. The summed E-state index contributed by atoms with van der Waals surface area (Å²) in [6.45, 7) is 0. The van der Waals surface area contributed by atoms with Gasteiger partial charge >= 0.3 is 7.26 Å². The van der Waals surface area contributed by atoms with Gasteiger partial charge in [-0.25, -0.2) is 41.3 Å². The number of aliphatic imine (C=N–C) groups is 3. The first kappa shape index (κ1) is 22.1. The Kier molecular flexibility index (Phi) is 4.02. The van der Waals surface area contributed by atoms with Crippen molar-refractivity contribution in [2.75, 3.05) is 0 Å². The smallest absolute Gasteiger partial charge is 0.311 e. The van der Waals surface area contributed by atoms with E-state index in [-0.39, 0.29) is 66.8 Å². The van der Waals surface area contributed by atoms with Crippen molar-refractivity contribution >= 4 is 58.0 Å². The van der Waals surface area contributed by atoms with E-state index in [1.165, 1.54) is 0 Å². The third kappa shape index (κ3) is 2.73. The largest absolute Gasteiger partial charge is 0.601 e. The fourth-order valence-electron chi connectivity index (χ4n) is 5.17. The number of fused-ring (bicyclic) bond motifs is 10. The van der Waals surface area contributed by atoms with Gasteiger partial charge < -0.3 is 8.96 Å². The molecule has 2 aromatic heterocycles. The molecule has 0 N–H and O–H groups in total. The lowest BCUT2D eigenvalue weighted by Crippen LogP contribution is -2.45. The molecule has 0 fully saturated rings. The molecule has 0 saturated carbocycles. The third-order valence-corrected chi connectivity index (χ3v) is 6.90. The fraction of sp³-hybridized carbons (Fsp3) is 0. The Morgan fingerprint density at radius 1 is 0.564 bits per heavy atom. The fourth-order valence-corrected chi connectivity index (χ4v) is 5.17. The summed E-state index contributed by atoms with van der Waals surface area (Å²) >= 11 is 0. The van der Waals surface area contributed by atoms with Crippen molar-refractivity contribution in [3.63, 3.8) is 0 Å². The van der Waals surface area contributed by atoms with Crippen LogP contribution in [0.3, 0.4) is 0 Å². The highest BCUT2D eigenvalue weighted by Gasteiger charge is 2.37. The average Bonchev–Trinajstić information content (AvgIpc) is 3.48. The van der Waals surface area contributed by atoms with Crippen LogP contribution >= 0.6 is 0 Å². The van der Waals surface area contributed by atoms with Crippen LogP contribution in [0.2, 0.25) is 0 Å². The molecule has 5 aromatic rings. The second-order valence-electron chi connectivity index (χ2n) is 9.01. The normalized spacial score (nSPS) is 14.7. The lowest BCUT2D eigenvalue weighted by molar-refractivity contribution is 0.508. The molecule has 0 saturated heterocycles. The minimum absolute atomic E-state index is 0.00138. The second-order valence-corrected chi connectivity index (χ2v) is 9.01. The van der Waals surface area contributed by atoms with Crippen molar-refractivity contribution in [3.8, 4) is 0 Å². The lowest BCUT2D eigenvalue weighted by Gasteiger charge is -2.16. The number of benzene rings is 3. The Hall–Kier alpha value is -4.97. The van der Waals surface area contributed by atoms with Gasteiger partial charge in [-0.3, -0.25) is 4.32 Å². The summed E-state index contributed by atoms with van der Waals surface area (Å²) in [6.07, 6.45) is 0. The molecule has 0 aliphatic carbocycles. The van der Waals surface area contributed by atoms with E-state index in [9.17, 15) is 26.3 Å². The molecule has 6 nitrogen and oxygen atoms in total. The van der Waals surface area contributed by atoms with Crippen LogP contribution in [0.25, 0.3) is 21.5 Å². The molecule has 0 unspecified atom stereocenters. The van der Waals surface area contributed by atoms with Gasteiger partial charge in [-0.05, 0) is 36.4 Å². The van der Waals surface area contributed by atoms with Crippen LogP contribution in [0.5, 0.6) is 0 Å². The number of nitrogens with zero attached hydrogens (tertiary/aromatic N) is 6. The highest BCUT2D eigenvalue weighted by Crippen LogP contribution is 2.41. The molecule has 3 aliphatic rings. The molecule has 39 heavy (non-hydrogen) atoms. The molecule has 14 heteroatoms. The van der Waals surface area contributed by atoms with E-state index in [1.54, 1.807) is 0 Å². The molecule has 3 aliphatic heterocycles. The van der Waals surface area contributed by atoms with Gasteiger partial charge in [0.15, 0.2) is 46.6 Å². The molecular weight excluding hydrogens is 528 g/mol. The summed E-state index contributed by atoms with van der Waals surface area (Å²) in [4.78, 5) is 17.1. The first-order valence-corrected chi connectivity index (χ1v) is 11.3. The van der Waals surface area contributed by atoms with Crippen molar-refractivity contribution < 1.29 is 30.7 Å². The number of amidine groups is 2. The monoisotopic (exact) mass is 534 g/mol. The summed E-state index contributed by atoms with van der Waals surface area (Å²) in [5.74, 6) is -5.64. The summed E-state index contributed by atoms with van der Waals surface area (Å²) in [5, 5.41) is -0.305. The van der Waals surface area contributed by atoms with Gasteiger partial charge in [0.05, 0.1) is 0 Å². The number of aromatic nitrogens is 2. The topological polar surface area (TPSA) is 59.3 Å². The van der Waals surface area contributed by atoms with E-state index in [2.05, 4.69) is 25.8 Å². The predicted octanol–water partition coefficient (Wildman–Crippen LogP) is 4.24. The van der Waals surface area contributed by atoms with Gasteiger partial charge in [0.1, 0.15) is 22.5 Å². The Labute approximate surface area is 211 Å². The average molecular weight is 534 g/mol. The lowest BCUT2D eigenvalue weighted by atomic mass is 10.0. The second kappa shape index (κ2) is 7.11. The van der Waals surface area contributed by atoms with Crippen LogP contribution in [0, 0.1) is 34.9 Å². The van der Waals surface area contributed by atoms with Crippen LogP contribution in [-0.2, 0) is 0 Å². The maximum Gasteiger partial charge on any atom is 0.601 e. The number of halogens is 7. The van der Waals surface area contributed by atoms with Crippen LogP contribution < -0.4 is 10.8 Å². The Morgan fingerprint density at radius 3 is 1.72 bits per heavy atom. The predicted molar refractivity (Wildman–Crippen MR) is 127 cm³/mol. The molecular formula is C25H6BF7N6. The number of hydrogen-bond donors (Lipinski definition) is 0. The summed E-state index contributed by atoms with van der Waals surface area (Å²) < 4.78 is 104. The first-order chi connectivity index (χ1) is 18.7. The van der Waals surface area contributed by atoms with Gasteiger partial charge in [0.2, 0.25) is 0 Å². The van der Waals surface area contributed by atoms with Crippen molar-refractivity contribution in [1.82, 2.24) is 8.96 Å². The van der Waals surface area contributed by atoms with E-state index in [1.807, 2.05) is 0 Å². The van der Waals surface area contributed by atoms with Crippen molar-refractivity contribution in [3.05, 3.63) is 93.3 Å². The van der Waals surface area contributed by atoms with E-state index in [0.29, 0.717) is 0 Å². The molecule has 8 rings (SSSR count). The number of rotatable bonds is 0. The molecule has 0 spiro atoms.